The maximum absolute atomic E-state index is 12.1. The molecule has 0 aliphatic rings. The Bertz CT molecular complexity index is 535. The molecule has 0 heterocycles. The number of nitrogens with zero attached hydrogens (tertiary/aromatic N) is 1. The third-order valence-electron chi connectivity index (χ3n) is 3.36. The summed E-state index contributed by atoms with van der Waals surface area (Å²) < 4.78 is 4.85. The highest BCUT2D eigenvalue weighted by atomic mass is 16.5. The number of nitrogens with two attached hydrogens (primary N) is 1. The van der Waals surface area contributed by atoms with Crippen LogP contribution in [0.2, 0.25) is 0 Å². The molecule has 0 aromatic heterocycles. The van der Waals surface area contributed by atoms with Crippen molar-refractivity contribution < 1.29 is 14.3 Å². The first-order chi connectivity index (χ1) is 10.3. The van der Waals surface area contributed by atoms with Gasteiger partial charge in [0.2, 0.25) is 11.8 Å². The van der Waals surface area contributed by atoms with Crippen LogP contribution in [0.5, 0.6) is 0 Å². The maximum Gasteiger partial charge on any atom is 0.243 e. The molecule has 0 radical (unpaired) electrons. The van der Waals surface area contributed by atoms with Crippen molar-refractivity contribution in [2.24, 2.45) is 5.73 Å². The largest absolute Gasteiger partial charge is 0.383 e. The Kier molecular flexibility index (Phi) is 6.52. The molecule has 1 unspecified atom stereocenters. The fraction of sp³-hybridized carbons (Fsp3) is 0.500. The van der Waals surface area contributed by atoms with Crippen LogP contribution in [-0.4, -0.2) is 50.1 Å². The summed E-state index contributed by atoms with van der Waals surface area (Å²) >= 11 is 0. The minimum absolute atomic E-state index is 0.0526. The predicted octanol–water partition coefficient (Wildman–Crippen LogP) is 0.982. The lowest BCUT2D eigenvalue weighted by Gasteiger charge is -2.21. The monoisotopic (exact) mass is 307 g/mol. The summed E-state index contributed by atoms with van der Waals surface area (Å²) in [5, 5.41) is 2.86. The second-order valence-corrected chi connectivity index (χ2v) is 5.58. The van der Waals surface area contributed by atoms with E-state index in [1.54, 1.807) is 7.05 Å². The number of anilines is 1. The Balaban J connectivity index is 2.69. The number of methoxy groups -OCH3 is 1. The summed E-state index contributed by atoms with van der Waals surface area (Å²) in [7, 11) is 3.02. The lowest BCUT2D eigenvalue weighted by Crippen LogP contribution is -2.46. The molecule has 1 aromatic rings. The molecule has 1 rings (SSSR count). The van der Waals surface area contributed by atoms with Crippen molar-refractivity contribution in [3.05, 3.63) is 28.8 Å². The number of aryl methyl sites for hydroxylation is 3. The predicted molar refractivity (Wildman–Crippen MR) is 86.8 cm³/mol. The molecule has 0 fully saturated rings. The summed E-state index contributed by atoms with van der Waals surface area (Å²) in [4.78, 5) is 25.4. The minimum Gasteiger partial charge on any atom is -0.383 e. The summed E-state index contributed by atoms with van der Waals surface area (Å²) in [6.07, 6.45) is 0. The van der Waals surface area contributed by atoms with Gasteiger partial charge in [0.05, 0.1) is 13.2 Å². The smallest absolute Gasteiger partial charge is 0.243 e. The van der Waals surface area contributed by atoms with Crippen LogP contribution in [0, 0.1) is 20.8 Å². The van der Waals surface area contributed by atoms with Crippen LogP contribution in [0.3, 0.4) is 0 Å². The molecule has 1 atom stereocenters. The third-order valence-corrected chi connectivity index (χ3v) is 3.36. The number of ether oxygens (including phenoxy) is 1. The van der Waals surface area contributed by atoms with Crippen molar-refractivity contribution in [2.75, 3.05) is 32.6 Å². The number of likely N-dealkylation sites (N-methyl/N-ethyl adjacent to an activating group) is 1. The zero-order valence-corrected chi connectivity index (χ0v) is 13.9. The van der Waals surface area contributed by atoms with Gasteiger partial charge in [-0.3, -0.25) is 9.59 Å². The second kappa shape index (κ2) is 7.91. The molecular weight excluding hydrogens is 282 g/mol. The van der Waals surface area contributed by atoms with E-state index in [1.807, 2.05) is 32.9 Å². The molecule has 6 nitrogen and oxygen atoms in total. The third kappa shape index (κ3) is 4.82. The zero-order chi connectivity index (χ0) is 16.9. The molecule has 0 saturated carbocycles. The first-order valence-electron chi connectivity index (χ1n) is 7.13. The van der Waals surface area contributed by atoms with Crippen LogP contribution < -0.4 is 11.1 Å². The Labute approximate surface area is 131 Å². The number of benzene rings is 1. The van der Waals surface area contributed by atoms with Gasteiger partial charge in [-0.1, -0.05) is 17.7 Å². The first-order valence-corrected chi connectivity index (χ1v) is 7.13. The summed E-state index contributed by atoms with van der Waals surface area (Å²) in [5.74, 6) is -0.579. The fourth-order valence-electron chi connectivity index (χ4n) is 2.38. The average molecular weight is 307 g/mol. The molecule has 6 heteroatoms. The number of hydrogen-bond donors (Lipinski definition) is 2. The number of carbonyl (C=O) groups is 2. The van der Waals surface area contributed by atoms with Gasteiger partial charge in [0.15, 0.2) is 0 Å². The van der Waals surface area contributed by atoms with Gasteiger partial charge in [0, 0.05) is 19.8 Å². The minimum atomic E-state index is -0.759. The SMILES string of the molecule is COCC(N)C(=O)N(C)CC(=O)Nc1c(C)cc(C)cc1C. The van der Waals surface area contributed by atoms with Gasteiger partial charge < -0.3 is 20.7 Å². The van der Waals surface area contributed by atoms with E-state index in [4.69, 9.17) is 10.5 Å². The van der Waals surface area contributed by atoms with Crippen LogP contribution in [0.4, 0.5) is 5.69 Å². The van der Waals surface area contributed by atoms with E-state index in [0.717, 1.165) is 22.4 Å². The molecule has 2 amide bonds. The lowest BCUT2D eigenvalue weighted by atomic mass is 10.1. The van der Waals surface area contributed by atoms with Gasteiger partial charge in [-0.15, -0.1) is 0 Å². The summed E-state index contributed by atoms with van der Waals surface area (Å²) in [6, 6.07) is 3.25. The normalized spacial score (nSPS) is 11.9. The molecule has 3 N–H and O–H groups in total. The van der Waals surface area contributed by atoms with E-state index < -0.39 is 6.04 Å². The molecule has 22 heavy (non-hydrogen) atoms. The molecule has 1 aromatic carbocycles. The molecule has 0 aliphatic carbocycles. The van der Waals surface area contributed by atoms with Crippen LogP contribution in [-0.2, 0) is 14.3 Å². The number of amides is 2. The van der Waals surface area contributed by atoms with E-state index in [-0.39, 0.29) is 25.0 Å². The maximum atomic E-state index is 12.1. The summed E-state index contributed by atoms with van der Waals surface area (Å²) in [5.41, 5.74) is 9.60. The van der Waals surface area contributed by atoms with Crippen molar-refractivity contribution in [1.29, 1.82) is 0 Å². The van der Waals surface area contributed by atoms with Gasteiger partial charge in [-0.05, 0) is 31.9 Å². The molecule has 122 valence electrons. The average Bonchev–Trinajstić information content (AvgIpc) is 2.42. The van der Waals surface area contributed by atoms with Crippen molar-refractivity contribution >= 4 is 17.5 Å². The Hall–Kier alpha value is -1.92. The van der Waals surface area contributed by atoms with Gasteiger partial charge in [-0.25, -0.2) is 0 Å². The van der Waals surface area contributed by atoms with Crippen molar-refractivity contribution in [1.82, 2.24) is 4.90 Å². The summed E-state index contributed by atoms with van der Waals surface area (Å²) in [6.45, 7) is 5.97. The lowest BCUT2D eigenvalue weighted by molar-refractivity contribution is -0.135. The van der Waals surface area contributed by atoms with Crippen molar-refractivity contribution in [3.63, 3.8) is 0 Å². The van der Waals surface area contributed by atoms with E-state index in [0.29, 0.717) is 0 Å². The Morgan fingerprint density at radius 3 is 2.32 bits per heavy atom. The number of carbonyl (C=O) groups excluding carboxylic acids is 2. The van der Waals surface area contributed by atoms with E-state index in [2.05, 4.69) is 5.32 Å². The Morgan fingerprint density at radius 1 is 1.27 bits per heavy atom. The molecular formula is C16H25N3O3. The van der Waals surface area contributed by atoms with Gasteiger partial charge in [0.1, 0.15) is 6.04 Å². The quantitative estimate of drug-likeness (QED) is 0.820. The Morgan fingerprint density at radius 2 is 1.82 bits per heavy atom. The van der Waals surface area contributed by atoms with Crippen LogP contribution in [0.1, 0.15) is 16.7 Å². The number of rotatable bonds is 6. The highest BCUT2D eigenvalue weighted by Gasteiger charge is 2.20. The molecule has 0 spiro atoms. The van der Waals surface area contributed by atoms with Crippen molar-refractivity contribution in [2.45, 2.75) is 26.8 Å². The van der Waals surface area contributed by atoms with Crippen LogP contribution >= 0.6 is 0 Å². The first kappa shape index (κ1) is 18.1. The van der Waals surface area contributed by atoms with Gasteiger partial charge in [0.25, 0.3) is 0 Å². The standard InChI is InChI=1S/C16H25N3O3/c1-10-6-11(2)15(12(3)7-10)18-14(20)8-19(4)16(21)13(17)9-22-5/h6-7,13H,8-9,17H2,1-5H3,(H,18,20). The van der Waals surface area contributed by atoms with E-state index in [1.165, 1.54) is 12.0 Å². The fourth-order valence-corrected chi connectivity index (χ4v) is 2.38. The van der Waals surface area contributed by atoms with Gasteiger partial charge in [-0.2, -0.15) is 0 Å². The topological polar surface area (TPSA) is 84.7 Å². The molecule has 0 aliphatic heterocycles. The van der Waals surface area contributed by atoms with E-state index in [9.17, 15) is 9.59 Å². The number of hydrogen-bond acceptors (Lipinski definition) is 4. The second-order valence-electron chi connectivity index (χ2n) is 5.58. The zero-order valence-electron chi connectivity index (χ0n) is 13.9. The highest BCUT2D eigenvalue weighted by Crippen LogP contribution is 2.21. The highest BCUT2D eigenvalue weighted by molar-refractivity contribution is 5.96. The van der Waals surface area contributed by atoms with Crippen LogP contribution in [0.15, 0.2) is 12.1 Å². The molecule has 0 bridgehead atoms. The van der Waals surface area contributed by atoms with E-state index >= 15 is 0 Å². The number of nitrogens with one attached hydrogen (secondary N) is 1. The van der Waals surface area contributed by atoms with Gasteiger partial charge >= 0.3 is 0 Å². The van der Waals surface area contributed by atoms with Crippen LogP contribution in [0.25, 0.3) is 0 Å². The van der Waals surface area contributed by atoms with Crippen molar-refractivity contribution in [3.8, 4) is 0 Å². The molecule has 0 saturated heterocycles.